The van der Waals surface area contributed by atoms with Crippen molar-refractivity contribution in [3.8, 4) is 0 Å². The van der Waals surface area contributed by atoms with Crippen molar-refractivity contribution in [2.75, 3.05) is 26.2 Å². The van der Waals surface area contributed by atoms with E-state index in [2.05, 4.69) is 31.0 Å². The molecule has 6 heteroatoms. The highest BCUT2D eigenvalue weighted by Crippen LogP contribution is 2.39. The van der Waals surface area contributed by atoms with E-state index in [1.54, 1.807) is 12.1 Å². The molecule has 1 atom stereocenters. The Morgan fingerprint density at radius 1 is 1.19 bits per heavy atom. The van der Waals surface area contributed by atoms with Gasteiger partial charge >= 0.3 is 0 Å². The number of benzene rings is 1. The van der Waals surface area contributed by atoms with Crippen LogP contribution in [0.5, 0.6) is 0 Å². The summed E-state index contributed by atoms with van der Waals surface area (Å²) in [5, 5.41) is 3.93. The molecule has 0 aromatic heterocycles. The van der Waals surface area contributed by atoms with Gasteiger partial charge in [-0.25, -0.2) is 4.39 Å². The van der Waals surface area contributed by atoms with E-state index in [0.29, 0.717) is 10.6 Å². The standard InChI is InChI=1S/C15H22ClFN2.2ClH/c1-15(2,3)14(19-8-6-18-7-9-19)12-10-11(16)4-5-13(12)17;;/h4-5,10,14,18H,6-9H2,1-3H3;2*1H/t14-;;/m0../s1. The lowest BCUT2D eigenvalue weighted by atomic mass is 9.80. The quantitative estimate of drug-likeness (QED) is 0.848. The van der Waals surface area contributed by atoms with Crippen LogP contribution in [0, 0.1) is 11.2 Å². The second-order valence-corrected chi connectivity index (χ2v) is 6.66. The van der Waals surface area contributed by atoms with Gasteiger partial charge in [0.2, 0.25) is 0 Å². The van der Waals surface area contributed by atoms with Crippen LogP contribution in [0.4, 0.5) is 4.39 Å². The number of hydrogen-bond acceptors (Lipinski definition) is 2. The molecule has 0 aliphatic carbocycles. The second-order valence-electron chi connectivity index (χ2n) is 6.22. The van der Waals surface area contributed by atoms with E-state index >= 15 is 0 Å². The van der Waals surface area contributed by atoms with Gasteiger partial charge in [0.15, 0.2) is 0 Å². The van der Waals surface area contributed by atoms with Crippen molar-refractivity contribution in [3.63, 3.8) is 0 Å². The normalized spacial score (nSPS) is 17.6. The predicted molar refractivity (Wildman–Crippen MR) is 92.5 cm³/mol. The molecule has 2 nitrogen and oxygen atoms in total. The van der Waals surface area contributed by atoms with Gasteiger partial charge in [0, 0.05) is 42.8 Å². The van der Waals surface area contributed by atoms with Crippen LogP contribution in [0.15, 0.2) is 18.2 Å². The Morgan fingerprint density at radius 2 is 1.76 bits per heavy atom. The number of nitrogens with zero attached hydrogens (tertiary/aromatic N) is 1. The van der Waals surface area contributed by atoms with Crippen molar-refractivity contribution < 1.29 is 4.39 Å². The van der Waals surface area contributed by atoms with Crippen LogP contribution in [-0.4, -0.2) is 31.1 Å². The Labute approximate surface area is 144 Å². The molecule has 1 aliphatic heterocycles. The fourth-order valence-corrected chi connectivity index (χ4v) is 3.06. The van der Waals surface area contributed by atoms with Crippen molar-refractivity contribution in [2.24, 2.45) is 5.41 Å². The summed E-state index contributed by atoms with van der Waals surface area (Å²) in [6.07, 6.45) is 0. The summed E-state index contributed by atoms with van der Waals surface area (Å²) >= 11 is 6.05. The number of halogens is 4. The molecule has 0 spiro atoms. The monoisotopic (exact) mass is 356 g/mol. The molecular weight excluding hydrogens is 334 g/mol. The Hall–Kier alpha value is -0.0600. The Morgan fingerprint density at radius 3 is 2.29 bits per heavy atom. The van der Waals surface area contributed by atoms with Gasteiger partial charge in [-0.05, 0) is 23.6 Å². The molecule has 0 amide bonds. The molecular formula is C15H24Cl3FN2. The largest absolute Gasteiger partial charge is 0.314 e. The lowest BCUT2D eigenvalue weighted by molar-refractivity contribution is 0.0834. The predicted octanol–water partition coefficient (Wildman–Crippen LogP) is 4.32. The minimum Gasteiger partial charge on any atom is -0.314 e. The molecule has 0 radical (unpaired) electrons. The Balaban J connectivity index is 0.00000200. The summed E-state index contributed by atoms with van der Waals surface area (Å²) in [7, 11) is 0. The fraction of sp³-hybridized carbons (Fsp3) is 0.600. The molecule has 1 N–H and O–H groups in total. The molecule has 122 valence electrons. The van der Waals surface area contributed by atoms with Gasteiger partial charge in [-0.2, -0.15) is 0 Å². The van der Waals surface area contributed by atoms with Crippen LogP contribution in [0.1, 0.15) is 32.4 Å². The van der Waals surface area contributed by atoms with Crippen LogP contribution in [-0.2, 0) is 0 Å². The van der Waals surface area contributed by atoms with Crippen LogP contribution in [0.3, 0.4) is 0 Å². The highest BCUT2D eigenvalue weighted by molar-refractivity contribution is 6.30. The maximum Gasteiger partial charge on any atom is 0.128 e. The second kappa shape index (κ2) is 8.54. The van der Waals surface area contributed by atoms with Crippen molar-refractivity contribution in [1.82, 2.24) is 10.2 Å². The third kappa shape index (κ3) is 5.26. The highest BCUT2D eigenvalue weighted by Gasteiger charge is 2.34. The number of hydrogen-bond donors (Lipinski definition) is 1. The van der Waals surface area contributed by atoms with Crippen LogP contribution < -0.4 is 5.32 Å². The minimum atomic E-state index is -0.164. The minimum absolute atomic E-state index is 0. The first-order valence-electron chi connectivity index (χ1n) is 6.79. The number of rotatable bonds is 2. The average Bonchev–Trinajstić information content (AvgIpc) is 2.33. The van der Waals surface area contributed by atoms with Gasteiger partial charge in [0.1, 0.15) is 5.82 Å². The van der Waals surface area contributed by atoms with Crippen molar-refractivity contribution >= 4 is 36.4 Å². The Kier molecular flexibility index (Phi) is 8.52. The molecule has 1 fully saturated rings. The summed E-state index contributed by atoms with van der Waals surface area (Å²) in [4.78, 5) is 2.35. The molecule has 21 heavy (non-hydrogen) atoms. The third-order valence-corrected chi connectivity index (χ3v) is 3.82. The van der Waals surface area contributed by atoms with E-state index in [-0.39, 0.29) is 42.1 Å². The summed E-state index contributed by atoms with van der Waals surface area (Å²) in [6, 6.07) is 4.90. The van der Waals surface area contributed by atoms with E-state index in [1.165, 1.54) is 6.07 Å². The average molecular weight is 358 g/mol. The molecule has 1 aromatic rings. The van der Waals surface area contributed by atoms with E-state index in [9.17, 15) is 4.39 Å². The summed E-state index contributed by atoms with van der Waals surface area (Å²) in [6.45, 7) is 10.2. The highest BCUT2D eigenvalue weighted by atomic mass is 35.5. The van der Waals surface area contributed by atoms with Gasteiger partial charge in [0.05, 0.1) is 0 Å². The molecule has 0 bridgehead atoms. The number of nitrogens with one attached hydrogen (secondary N) is 1. The molecule has 1 aliphatic rings. The first-order valence-corrected chi connectivity index (χ1v) is 7.17. The van der Waals surface area contributed by atoms with Gasteiger partial charge in [-0.15, -0.1) is 24.8 Å². The molecule has 1 aromatic carbocycles. The van der Waals surface area contributed by atoms with Gasteiger partial charge in [-0.1, -0.05) is 32.4 Å². The summed E-state index contributed by atoms with van der Waals surface area (Å²) < 4.78 is 14.2. The first kappa shape index (κ1) is 20.9. The summed E-state index contributed by atoms with van der Waals surface area (Å²) in [5.41, 5.74) is 0.671. The van der Waals surface area contributed by atoms with Crippen molar-refractivity contribution in [2.45, 2.75) is 26.8 Å². The SMILES string of the molecule is CC(C)(C)[C@H](c1cc(Cl)ccc1F)N1CCNCC1.Cl.Cl. The van der Waals surface area contributed by atoms with Crippen molar-refractivity contribution in [3.05, 3.63) is 34.6 Å². The summed E-state index contributed by atoms with van der Waals surface area (Å²) in [5.74, 6) is -0.164. The molecule has 1 heterocycles. The molecule has 2 rings (SSSR count). The molecule has 1 saturated heterocycles. The molecule has 0 saturated carbocycles. The zero-order valence-electron chi connectivity index (χ0n) is 12.7. The maximum absolute atomic E-state index is 14.2. The van der Waals surface area contributed by atoms with Crippen LogP contribution in [0.2, 0.25) is 5.02 Å². The van der Waals surface area contributed by atoms with Gasteiger partial charge in [0.25, 0.3) is 0 Å². The van der Waals surface area contributed by atoms with E-state index in [1.807, 2.05) is 0 Å². The zero-order chi connectivity index (χ0) is 14.0. The topological polar surface area (TPSA) is 15.3 Å². The van der Waals surface area contributed by atoms with Crippen molar-refractivity contribution in [1.29, 1.82) is 0 Å². The maximum atomic E-state index is 14.2. The van der Waals surface area contributed by atoms with E-state index in [0.717, 1.165) is 26.2 Å². The van der Waals surface area contributed by atoms with Gasteiger partial charge in [-0.3, -0.25) is 4.90 Å². The Bertz CT molecular complexity index is 443. The smallest absolute Gasteiger partial charge is 0.128 e. The lowest BCUT2D eigenvalue weighted by Crippen LogP contribution is -2.48. The van der Waals surface area contributed by atoms with Gasteiger partial charge < -0.3 is 5.32 Å². The van der Waals surface area contributed by atoms with Crippen LogP contribution >= 0.6 is 36.4 Å². The van der Waals surface area contributed by atoms with E-state index in [4.69, 9.17) is 11.6 Å². The first-order chi connectivity index (χ1) is 8.89. The van der Waals surface area contributed by atoms with Crippen LogP contribution in [0.25, 0.3) is 0 Å². The lowest BCUT2D eigenvalue weighted by Gasteiger charge is -2.42. The fourth-order valence-electron chi connectivity index (χ4n) is 2.88. The zero-order valence-corrected chi connectivity index (χ0v) is 15.0. The third-order valence-electron chi connectivity index (χ3n) is 3.59. The number of piperazine rings is 1. The molecule has 0 unspecified atom stereocenters. The van der Waals surface area contributed by atoms with E-state index < -0.39 is 0 Å².